The predicted octanol–water partition coefficient (Wildman–Crippen LogP) is 22.6. The van der Waals surface area contributed by atoms with Crippen LogP contribution in [0.1, 0.15) is 191 Å². The Kier molecular flexibility index (Phi) is 30.7. The van der Waals surface area contributed by atoms with Gasteiger partial charge in [-0.2, -0.15) is 5.10 Å². The summed E-state index contributed by atoms with van der Waals surface area (Å²) < 4.78 is 35.6. The molecule has 492 valence electrons. The Morgan fingerprint density at radius 3 is 1.26 bits per heavy atom. The smallest absolute Gasteiger partial charge is 0.219 e. The summed E-state index contributed by atoms with van der Waals surface area (Å²) in [6.07, 6.45) is 7.64. The van der Waals surface area contributed by atoms with Crippen molar-refractivity contribution < 1.29 is 22.7 Å². The van der Waals surface area contributed by atoms with Gasteiger partial charge >= 0.3 is 0 Å². The highest BCUT2D eigenvalue weighted by Crippen LogP contribution is 2.29. The molecule has 2 heterocycles. The van der Waals surface area contributed by atoms with Crippen LogP contribution >= 0.6 is 0 Å². The molecule has 0 radical (unpaired) electrons. The third kappa shape index (κ3) is 28.8. The van der Waals surface area contributed by atoms with E-state index >= 15 is 0 Å². The number of aromatic nitrogens is 3. The van der Waals surface area contributed by atoms with E-state index in [-0.39, 0.29) is 22.0 Å². The zero-order valence-corrected chi connectivity index (χ0v) is 59.9. The van der Waals surface area contributed by atoms with Crippen molar-refractivity contribution in [1.29, 1.82) is 0 Å². The van der Waals surface area contributed by atoms with Gasteiger partial charge < -0.3 is 9.47 Å². The quantitative estimate of drug-likeness (QED) is 0.112. The molecule has 0 bridgehead atoms. The number of ether oxygens (including phenoxy) is 2. The molecule has 0 fully saturated rings. The summed E-state index contributed by atoms with van der Waals surface area (Å²) in [7, 11) is -3.05. The molecule has 0 atom stereocenters. The molecule has 0 spiro atoms. The lowest BCUT2D eigenvalue weighted by Gasteiger charge is -2.19. The summed E-state index contributed by atoms with van der Waals surface area (Å²) in [4.78, 5) is 17.0. The highest BCUT2D eigenvalue weighted by molar-refractivity contribution is 7.90. The average Bonchev–Trinajstić information content (AvgIpc) is 2.51. The van der Waals surface area contributed by atoms with Crippen LogP contribution in [0.15, 0.2) is 260 Å². The van der Waals surface area contributed by atoms with Crippen LogP contribution in [0.5, 0.6) is 23.1 Å². The summed E-state index contributed by atoms with van der Waals surface area (Å²) in [5.74, 6) is 4.31. The molecule has 8 aromatic carbocycles. The van der Waals surface area contributed by atoms with Crippen LogP contribution in [0, 0.1) is 0 Å². The maximum absolute atomic E-state index is 12.3. The number of ketones is 1. The third-order valence-corrected chi connectivity index (χ3v) is 15.8. The number of para-hydroxylation sites is 2. The van der Waals surface area contributed by atoms with E-state index in [1.165, 1.54) is 39.6 Å². The standard InChI is InChI=1S/C18H20O.C16H18O.C14H18N2.C14H15NO.C10H14O2S.C10H14.C2H6/c1-18(2,3)16-11-7-10-15(13-16)17(19)12-14-8-5-4-6-9-14;1-16(2,3)13-9-11-15(12-10-13)17-14-7-5-4-6-8-14;1-14(2,3)13-9-15-16(11-13)10-12-7-5-4-6-8-12;1-11(2)12-8-9-14(15-10-12)16-13-6-4-3-5-7-13;1-8(2)9-4-6-10(7-5-9)13(3,11)12;1-10(2,3)9-7-5-4-6-8-9;1-2/h4-11,13H,12H2,1-3H3;4-12H,1-3H3;4-9,11H,10H2,1-3H3;3-11H,1-2H3;4-8H,1-3H3;4-8H,1-3H3;1-2H3. The van der Waals surface area contributed by atoms with Crippen LogP contribution in [0.4, 0.5) is 0 Å². The van der Waals surface area contributed by atoms with Crippen LogP contribution in [0.2, 0.25) is 0 Å². The molecule has 0 aliphatic carbocycles. The van der Waals surface area contributed by atoms with Crippen molar-refractivity contribution in [3.05, 3.63) is 305 Å². The Bertz CT molecular complexity index is 3780. The van der Waals surface area contributed by atoms with E-state index in [2.05, 4.69) is 206 Å². The fourth-order valence-corrected chi connectivity index (χ4v) is 9.37. The molecular weight excluding hydrogens is 1160 g/mol. The van der Waals surface area contributed by atoms with Gasteiger partial charge in [-0.15, -0.1) is 0 Å². The summed E-state index contributed by atoms with van der Waals surface area (Å²) >= 11 is 0. The lowest BCUT2D eigenvalue weighted by atomic mass is 9.85. The van der Waals surface area contributed by atoms with Crippen LogP contribution in [0.25, 0.3) is 0 Å². The van der Waals surface area contributed by atoms with Gasteiger partial charge in [-0.1, -0.05) is 301 Å². The second-order valence-corrected chi connectivity index (χ2v) is 29.4. The lowest BCUT2D eigenvalue weighted by molar-refractivity contribution is 0.0992. The molecule has 10 rings (SSSR count). The molecule has 93 heavy (non-hydrogen) atoms. The van der Waals surface area contributed by atoms with Crippen LogP contribution in [-0.2, 0) is 44.5 Å². The van der Waals surface area contributed by atoms with Crippen molar-refractivity contribution in [2.75, 3.05) is 6.26 Å². The molecular formula is C84H105N3O5S. The number of benzene rings is 8. The number of Topliss-reactive ketones (excluding diaryl/α,β-unsaturated/α-hetero) is 1. The van der Waals surface area contributed by atoms with Crippen molar-refractivity contribution in [3.8, 4) is 23.1 Å². The van der Waals surface area contributed by atoms with E-state index in [0.717, 1.165) is 40.5 Å². The predicted molar refractivity (Wildman–Crippen MR) is 393 cm³/mol. The van der Waals surface area contributed by atoms with Crippen LogP contribution in [-0.4, -0.2) is 35.2 Å². The van der Waals surface area contributed by atoms with Gasteiger partial charge in [0.15, 0.2) is 15.6 Å². The first-order chi connectivity index (χ1) is 43.8. The molecule has 2 aromatic heterocycles. The van der Waals surface area contributed by atoms with Gasteiger partial charge in [0.25, 0.3) is 0 Å². The number of carbonyl (C=O) groups excluding carboxylic acids is 1. The minimum absolute atomic E-state index is 0.0725. The Labute approximate surface area is 560 Å². The zero-order valence-electron chi connectivity index (χ0n) is 59.1. The lowest BCUT2D eigenvalue weighted by Crippen LogP contribution is -2.12. The Morgan fingerprint density at radius 2 is 0.839 bits per heavy atom. The van der Waals surface area contributed by atoms with Crippen molar-refractivity contribution in [2.45, 2.75) is 176 Å². The minimum atomic E-state index is -3.05. The van der Waals surface area contributed by atoms with Gasteiger partial charge in [0.05, 0.1) is 17.6 Å². The maximum atomic E-state index is 12.3. The number of hydrogen-bond acceptors (Lipinski definition) is 7. The van der Waals surface area contributed by atoms with E-state index < -0.39 is 9.84 Å². The van der Waals surface area contributed by atoms with Crippen molar-refractivity contribution in [1.82, 2.24) is 14.8 Å². The Hall–Kier alpha value is -8.66. The van der Waals surface area contributed by atoms with E-state index in [0.29, 0.717) is 34.4 Å². The number of rotatable bonds is 12. The molecule has 0 unspecified atom stereocenters. The average molecular weight is 1270 g/mol. The van der Waals surface area contributed by atoms with Gasteiger partial charge in [-0.05, 0) is 133 Å². The molecule has 0 N–H and O–H groups in total. The SMILES string of the molecule is CC.CC(C)(C)c1ccc(Oc2ccccc2)cc1.CC(C)(C)c1cccc(C(=O)Cc2ccccc2)c1.CC(C)(C)c1ccccc1.CC(C)(C)c1cnn(Cc2ccccc2)c1.CC(C)c1ccc(Oc2ccccc2)nc1.CC(C)c1ccc(S(C)(=O)=O)cc1. The molecule has 0 aliphatic rings. The summed E-state index contributed by atoms with van der Waals surface area (Å²) in [5.41, 5.74) is 11.5. The van der Waals surface area contributed by atoms with Crippen molar-refractivity contribution >= 4 is 15.6 Å². The number of carbonyl (C=O) groups is 1. The van der Waals surface area contributed by atoms with Gasteiger partial charge in [0.1, 0.15) is 17.2 Å². The van der Waals surface area contributed by atoms with Gasteiger partial charge in [0.2, 0.25) is 5.88 Å². The highest BCUT2D eigenvalue weighted by Gasteiger charge is 2.18. The fraction of sp³-hybridized carbons (Fsp3) is 0.321. The molecule has 0 aliphatic heterocycles. The minimum Gasteiger partial charge on any atom is -0.457 e. The summed E-state index contributed by atoms with van der Waals surface area (Å²) in [5, 5.41) is 4.39. The monoisotopic (exact) mass is 1270 g/mol. The first-order valence-electron chi connectivity index (χ1n) is 32.5. The molecule has 10 aromatic rings. The van der Waals surface area contributed by atoms with E-state index in [1.807, 2.05) is 177 Å². The first kappa shape index (κ1) is 76.8. The van der Waals surface area contributed by atoms with Gasteiger partial charge in [-0.25, -0.2) is 13.4 Å². The van der Waals surface area contributed by atoms with Crippen molar-refractivity contribution in [3.63, 3.8) is 0 Å². The van der Waals surface area contributed by atoms with E-state index in [9.17, 15) is 13.2 Å². The molecule has 0 saturated carbocycles. The molecule has 0 amide bonds. The van der Waals surface area contributed by atoms with Gasteiger partial charge in [-0.3, -0.25) is 9.48 Å². The second kappa shape index (κ2) is 37.1. The third-order valence-electron chi connectivity index (χ3n) is 14.7. The number of hydrogen-bond donors (Lipinski definition) is 0. The number of nitrogens with zero attached hydrogens (tertiary/aromatic N) is 3. The fourth-order valence-electron chi connectivity index (χ4n) is 8.74. The summed E-state index contributed by atoms with van der Waals surface area (Å²) in [6.45, 7) is 39.7. The summed E-state index contributed by atoms with van der Waals surface area (Å²) in [6, 6.07) is 77.6. The topological polar surface area (TPSA) is 100 Å². The normalized spacial score (nSPS) is 11.2. The van der Waals surface area contributed by atoms with E-state index in [4.69, 9.17) is 9.47 Å². The Balaban J connectivity index is 0.000000239. The highest BCUT2D eigenvalue weighted by atomic mass is 32.2. The maximum Gasteiger partial charge on any atom is 0.219 e. The Morgan fingerprint density at radius 1 is 0.430 bits per heavy atom. The number of pyridine rings is 1. The molecule has 9 heteroatoms. The zero-order chi connectivity index (χ0) is 68.8. The second-order valence-electron chi connectivity index (χ2n) is 27.4. The van der Waals surface area contributed by atoms with Crippen LogP contribution < -0.4 is 9.47 Å². The van der Waals surface area contributed by atoms with Gasteiger partial charge in [0, 0.05) is 36.7 Å². The number of sulfone groups is 1. The van der Waals surface area contributed by atoms with Crippen molar-refractivity contribution in [2.24, 2.45) is 0 Å². The van der Waals surface area contributed by atoms with E-state index in [1.54, 1.807) is 12.1 Å². The first-order valence-corrected chi connectivity index (χ1v) is 34.4. The van der Waals surface area contributed by atoms with Crippen LogP contribution in [0.3, 0.4) is 0 Å². The largest absolute Gasteiger partial charge is 0.457 e. The molecule has 0 saturated heterocycles. The molecule has 8 nitrogen and oxygen atoms in total.